The Morgan fingerprint density at radius 3 is 0.851 bits per heavy atom. The summed E-state index contributed by atoms with van der Waals surface area (Å²) in [5, 5.41) is 23.3. The average molecular weight is 1230 g/mol. The fourth-order valence-corrected chi connectivity index (χ4v) is 12.9. The van der Waals surface area contributed by atoms with Crippen molar-refractivity contribution in [3.05, 3.63) is 24.3 Å². The van der Waals surface area contributed by atoms with Gasteiger partial charge in [-0.3, -0.25) is 9.59 Å². The van der Waals surface area contributed by atoms with E-state index in [0.29, 0.717) is 19.4 Å². The highest BCUT2D eigenvalue weighted by Gasteiger charge is 2.18. The number of rotatable bonds is 76. The maximum absolute atomic E-state index is 12.6. The molecule has 0 rings (SSSR count). The number of carbonyl (C=O) groups is 2. The van der Waals surface area contributed by atoms with Crippen molar-refractivity contribution in [2.24, 2.45) is 0 Å². The lowest BCUT2D eigenvalue weighted by atomic mass is 10.0. The van der Waals surface area contributed by atoms with Crippen LogP contribution < -0.4 is 5.32 Å². The lowest BCUT2D eigenvalue weighted by molar-refractivity contribution is -0.143. The molecule has 516 valence electrons. The fourth-order valence-electron chi connectivity index (χ4n) is 12.9. The van der Waals surface area contributed by atoms with Crippen LogP contribution in [-0.4, -0.2) is 47.4 Å². The molecule has 2 unspecified atom stereocenters. The zero-order chi connectivity index (χ0) is 62.8. The minimum atomic E-state index is -0.842. The minimum Gasteiger partial charge on any atom is -0.466 e. The van der Waals surface area contributed by atoms with Gasteiger partial charge in [-0.1, -0.05) is 417 Å². The van der Waals surface area contributed by atoms with Gasteiger partial charge in [0.05, 0.1) is 25.4 Å². The van der Waals surface area contributed by atoms with Gasteiger partial charge in [-0.05, 0) is 51.4 Å². The first-order valence-electron chi connectivity index (χ1n) is 40.1. The number of unbranched alkanes of at least 4 members (excludes halogenated alkanes) is 63. The largest absolute Gasteiger partial charge is 0.466 e. The topological polar surface area (TPSA) is 95.9 Å². The summed E-state index contributed by atoms with van der Waals surface area (Å²) in [5.41, 5.74) is 0. The van der Waals surface area contributed by atoms with Crippen molar-refractivity contribution in [3.8, 4) is 0 Å². The minimum absolute atomic E-state index is 0.0120. The molecular weight excluding hydrogens is 1070 g/mol. The lowest BCUT2D eigenvalue weighted by Gasteiger charge is -2.20. The predicted octanol–water partition coefficient (Wildman–Crippen LogP) is 26.4. The average Bonchev–Trinajstić information content (AvgIpc) is 3.54. The second-order valence-electron chi connectivity index (χ2n) is 27.8. The molecule has 0 aliphatic rings. The van der Waals surface area contributed by atoms with Crippen molar-refractivity contribution in [1.82, 2.24) is 5.32 Å². The Balaban J connectivity index is 3.34. The van der Waals surface area contributed by atoms with Crippen molar-refractivity contribution in [2.75, 3.05) is 13.2 Å². The summed E-state index contributed by atoms with van der Waals surface area (Å²) < 4.78 is 5.47. The number of aliphatic hydroxyl groups excluding tert-OH is 2. The van der Waals surface area contributed by atoms with Crippen LogP contribution in [0.15, 0.2) is 24.3 Å². The molecule has 0 aliphatic carbocycles. The van der Waals surface area contributed by atoms with Crippen LogP contribution >= 0.6 is 0 Å². The monoisotopic (exact) mass is 1220 g/mol. The van der Waals surface area contributed by atoms with Crippen molar-refractivity contribution >= 4 is 11.9 Å². The van der Waals surface area contributed by atoms with Gasteiger partial charge in [-0.2, -0.15) is 0 Å². The first-order chi connectivity index (χ1) is 43.0. The van der Waals surface area contributed by atoms with Crippen LogP contribution in [0, 0.1) is 0 Å². The number of esters is 1. The van der Waals surface area contributed by atoms with Gasteiger partial charge in [-0.15, -0.1) is 0 Å². The Morgan fingerprint density at radius 1 is 0.310 bits per heavy atom. The molecule has 3 N–H and O–H groups in total. The molecular formula is C81H157NO5. The molecule has 0 aromatic rings. The Labute approximate surface area is 545 Å². The zero-order valence-electron chi connectivity index (χ0n) is 59.3. The molecule has 1 amide bonds. The van der Waals surface area contributed by atoms with Crippen LogP contribution in [0.4, 0.5) is 0 Å². The predicted molar refractivity (Wildman–Crippen MR) is 384 cm³/mol. The number of allylic oxidation sites excluding steroid dienone is 3. The van der Waals surface area contributed by atoms with Crippen molar-refractivity contribution < 1.29 is 24.5 Å². The summed E-state index contributed by atoms with van der Waals surface area (Å²) >= 11 is 0. The van der Waals surface area contributed by atoms with E-state index < -0.39 is 12.1 Å². The number of hydrogen-bond donors (Lipinski definition) is 3. The molecule has 0 aromatic heterocycles. The first-order valence-corrected chi connectivity index (χ1v) is 40.1. The van der Waals surface area contributed by atoms with Crippen LogP contribution in [0.5, 0.6) is 0 Å². The third-order valence-electron chi connectivity index (χ3n) is 19.0. The molecule has 0 aliphatic heterocycles. The summed E-state index contributed by atoms with van der Waals surface area (Å²) in [6, 6.07) is -0.625. The van der Waals surface area contributed by atoms with E-state index in [2.05, 4.69) is 31.3 Å². The lowest BCUT2D eigenvalue weighted by Crippen LogP contribution is -2.45. The fraction of sp³-hybridized carbons (Fsp3) is 0.926. The van der Waals surface area contributed by atoms with Gasteiger partial charge >= 0.3 is 5.97 Å². The third kappa shape index (κ3) is 73.3. The highest BCUT2D eigenvalue weighted by atomic mass is 16.5. The number of amides is 1. The van der Waals surface area contributed by atoms with Gasteiger partial charge in [0, 0.05) is 12.8 Å². The molecule has 6 nitrogen and oxygen atoms in total. The second kappa shape index (κ2) is 76.8. The zero-order valence-corrected chi connectivity index (χ0v) is 59.3. The number of ether oxygens (including phenoxy) is 1. The number of aliphatic hydroxyl groups is 2. The summed E-state index contributed by atoms with van der Waals surface area (Å²) in [6.45, 7) is 4.92. The van der Waals surface area contributed by atoms with Crippen LogP contribution in [0.25, 0.3) is 0 Å². The smallest absolute Gasteiger partial charge is 0.305 e. The van der Waals surface area contributed by atoms with Gasteiger partial charge in [0.1, 0.15) is 0 Å². The SMILES string of the molecule is CCCC/C=C\CCCCCCCC(=O)OCCCCCCCCCCCCCCCCCCCCCCCCCCCCCCCCCCCCCC(=O)NC(CO)C(O)/C=C/CCCCCCCCCCCCCCCCCCCCCCCC. The molecule has 0 heterocycles. The van der Waals surface area contributed by atoms with E-state index >= 15 is 0 Å². The Kier molecular flexibility index (Phi) is 75.3. The van der Waals surface area contributed by atoms with Crippen molar-refractivity contribution in [1.29, 1.82) is 0 Å². The van der Waals surface area contributed by atoms with E-state index in [4.69, 9.17) is 4.74 Å². The molecule has 0 fully saturated rings. The van der Waals surface area contributed by atoms with Crippen LogP contribution in [0.1, 0.15) is 457 Å². The summed E-state index contributed by atoms with van der Waals surface area (Å²) in [4.78, 5) is 24.6. The molecule has 0 spiro atoms. The van der Waals surface area contributed by atoms with Gasteiger partial charge in [0.2, 0.25) is 5.91 Å². The Morgan fingerprint density at radius 2 is 0.552 bits per heavy atom. The molecule has 0 bridgehead atoms. The second-order valence-corrected chi connectivity index (χ2v) is 27.8. The maximum Gasteiger partial charge on any atom is 0.305 e. The molecule has 0 saturated heterocycles. The maximum atomic E-state index is 12.6. The normalized spacial score (nSPS) is 12.6. The van der Waals surface area contributed by atoms with Gasteiger partial charge < -0.3 is 20.3 Å². The number of hydrogen-bond acceptors (Lipinski definition) is 5. The van der Waals surface area contributed by atoms with Crippen molar-refractivity contribution in [3.63, 3.8) is 0 Å². The molecule has 6 heteroatoms. The van der Waals surface area contributed by atoms with E-state index in [-0.39, 0.29) is 18.5 Å². The van der Waals surface area contributed by atoms with E-state index in [0.717, 1.165) is 44.9 Å². The quantitative estimate of drug-likeness (QED) is 0.0320. The summed E-state index contributed by atoms with van der Waals surface area (Å²) in [5.74, 6) is -0.0452. The molecule has 0 radical (unpaired) electrons. The number of carbonyl (C=O) groups excluding carboxylic acids is 2. The van der Waals surface area contributed by atoms with Crippen LogP contribution in [0.3, 0.4) is 0 Å². The summed E-state index contributed by atoms with van der Waals surface area (Å²) in [6.07, 6.45) is 98.9. The third-order valence-corrected chi connectivity index (χ3v) is 19.0. The highest BCUT2D eigenvalue weighted by molar-refractivity contribution is 5.76. The number of nitrogens with one attached hydrogen (secondary N) is 1. The highest BCUT2D eigenvalue weighted by Crippen LogP contribution is 2.20. The standard InChI is InChI=1S/C81H157NO5/c1-3-5-7-9-11-13-15-16-17-18-19-20-21-35-38-41-44-47-50-54-57-61-65-69-73-79(84)78(77-83)82-80(85)74-70-66-62-58-55-51-48-45-42-39-36-33-31-29-27-25-23-22-24-26-28-30-32-34-37-40-43-46-49-52-56-60-64-68-72-76-87-81(86)75-71-67-63-59-53-14-12-10-8-6-4-2/h10,12,69,73,78-79,83-84H,3-9,11,13-68,70-72,74-77H2,1-2H3,(H,82,85)/b12-10-,73-69+. The summed E-state index contributed by atoms with van der Waals surface area (Å²) in [7, 11) is 0. The van der Waals surface area contributed by atoms with Crippen molar-refractivity contribution in [2.45, 2.75) is 469 Å². The van der Waals surface area contributed by atoms with Crippen LogP contribution in [0.2, 0.25) is 0 Å². The van der Waals surface area contributed by atoms with E-state index in [1.165, 1.54) is 385 Å². The van der Waals surface area contributed by atoms with Crippen LogP contribution in [-0.2, 0) is 14.3 Å². The molecule has 0 aromatic carbocycles. The van der Waals surface area contributed by atoms with E-state index in [1.807, 2.05) is 6.08 Å². The van der Waals surface area contributed by atoms with Gasteiger partial charge in [-0.25, -0.2) is 0 Å². The Hall–Kier alpha value is -1.66. The van der Waals surface area contributed by atoms with E-state index in [1.54, 1.807) is 6.08 Å². The molecule has 2 atom stereocenters. The van der Waals surface area contributed by atoms with Gasteiger partial charge in [0.15, 0.2) is 0 Å². The Bertz CT molecular complexity index is 1360. The molecule has 0 saturated carbocycles. The first kappa shape index (κ1) is 85.3. The molecule has 87 heavy (non-hydrogen) atoms. The van der Waals surface area contributed by atoms with Gasteiger partial charge in [0.25, 0.3) is 0 Å². The van der Waals surface area contributed by atoms with E-state index in [9.17, 15) is 19.8 Å².